The van der Waals surface area contributed by atoms with E-state index < -0.39 is 10.1 Å². The molecule has 0 fully saturated rings. The van der Waals surface area contributed by atoms with Crippen molar-refractivity contribution in [2.75, 3.05) is 0 Å². The maximum Gasteiger partial charge on any atom is 0.339 e. The van der Waals surface area contributed by atoms with Gasteiger partial charge in [-0.3, -0.25) is 0 Å². The van der Waals surface area contributed by atoms with E-state index in [2.05, 4.69) is 19.1 Å². The lowest BCUT2D eigenvalue weighted by atomic mass is 9.93. The summed E-state index contributed by atoms with van der Waals surface area (Å²) >= 11 is 0. The van der Waals surface area contributed by atoms with Crippen LogP contribution in [0.2, 0.25) is 0 Å². The minimum absolute atomic E-state index is 0.153. The van der Waals surface area contributed by atoms with Gasteiger partial charge in [-0.1, -0.05) is 67.1 Å². The largest absolute Gasteiger partial charge is 0.379 e. The Morgan fingerprint density at radius 2 is 1.32 bits per heavy atom. The van der Waals surface area contributed by atoms with Gasteiger partial charge in [0.1, 0.15) is 10.6 Å². The summed E-state index contributed by atoms with van der Waals surface area (Å²) in [6, 6.07) is 24.0. The fourth-order valence-corrected chi connectivity index (χ4v) is 3.56. The van der Waals surface area contributed by atoms with Gasteiger partial charge in [-0.25, -0.2) is 0 Å². The summed E-state index contributed by atoms with van der Waals surface area (Å²) in [6.45, 7) is 4.03. The highest BCUT2D eigenvalue weighted by atomic mass is 32.2. The van der Waals surface area contributed by atoms with Crippen LogP contribution in [0.1, 0.15) is 29.5 Å². The molecular formula is C21H20O3S. The number of hydrogen-bond donors (Lipinski definition) is 0. The zero-order valence-electron chi connectivity index (χ0n) is 14.2. The van der Waals surface area contributed by atoms with Gasteiger partial charge in [0.05, 0.1) is 0 Å². The van der Waals surface area contributed by atoms with Crippen LogP contribution in [0.3, 0.4) is 0 Å². The van der Waals surface area contributed by atoms with E-state index in [9.17, 15) is 8.42 Å². The number of aryl methyl sites for hydroxylation is 1. The third kappa shape index (κ3) is 4.09. The molecule has 0 saturated carbocycles. The third-order valence-electron chi connectivity index (χ3n) is 4.20. The molecule has 3 rings (SSSR count). The Kier molecular flexibility index (Phi) is 4.91. The molecule has 0 aliphatic carbocycles. The van der Waals surface area contributed by atoms with Crippen molar-refractivity contribution in [1.29, 1.82) is 0 Å². The molecule has 25 heavy (non-hydrogen) atoms. The first kappa shape index (κ1) is 17.2. The van der Waals surface area contributed by atoms with Crippen molar-refractivity contribution in [3.63, 3.8) is 0 Å². The lowest BCUT2D eigenvalue weighted by Gasteiger charge is -2.13. The molecule has 0 radical (unpaired) electrons. The van der Waals surface area contributed by atoms with Crippen molar-refractivity contribution < 1.29 is 12.6 Å². The molecule has 0 N–H and O–H groups in total. The van der Waals surface area contributed by atoms with E-state index in [4.69, 9.17) is 4.18 Å². The van der Waals surface area contributed by atoms with Gasteiger partial charge in [0.25, 0.3) is 0 Å². The quantitative estimate of drug-likeness (QED) is 0.613. The molecule has 0 saturated heterocycles. The van der Waals surface area contributed by atoms with Crippen molar-refractivity contribution in [2.24, 2.45) is 0 Å². The van der Waals surface area contributed by atoms with Crippen molar-refractivity contribution in [1.82, 2.24) is 0 Å². The van der Waals surface area contributed by atoms with Gasteiger partial charge in [0.2, 0.25) is 0 Å². The van der Waals surface area contributed by atoms with Crippen LogP contribution in [-0.4, -0.2) is 8.42 Å². The first-order chi connectivity index (χ1) is 12.0. The van der Waals surface area contributed by atoms with E-state index in [1.807, 2.05) is 37.3 Å². The second-order valence-corrected chi connectivity index (χ2v) is 7.60. The lowest BCUT2D eigenvalue weighted by Crippen LogP contribution is -2.09. The molecule has 0 spiro atoms. The predicted octanol–water partition coefficient (Wildman–Crippen LogP) is 4.91. The summed E-state index contributed by atoms with van der Waals surface area (Å²) in [5, 5.41) is 0. The van der Waals surface area contributed by atoms with E-state index in [1.54, 1.807) is 36.4 Å². The zero-order chi connectivity index (χ0) is 17.9. The van der Waals surface area contributed by atoms with Crippen molar-refractivity contribution in [3.05, 3.63) is 95.6 Å². The van der Waals surface area contributed by atoms with E-state index >= 15 is 0 Å². The number of benzene rings is 3. The molecule has 0 heterocycles. The highest BCUT2D eigenvalue weighted by Crippen LogP contribution is 2.26. The molecule has 128 valence electrons. The Hall–Kier alpha value is -2.59. The highest BCUT2D eigenvalue weighted by molar-refractivity contribution is 7.87. The van der Waals surface area contributed by atoms with Gasteiger partial charge in [0, 0.05) is 5.92 Å². The average Bonchev–Trinajstić information content (AvgIpc) is 2.62. The normalized spacial score (nSPS) is 12.6. The molecule has 3 aromatic carbocycles. The lowest BCUT2D eigenvalue weighted by molar-refractivity contribution is 0.486. The van der Waals surface area contributed by atoms with Crippen LogP contribution in [0.25, 0.3) is 0 Å². The maximum atomic E-state index is 12.3. The Labute approximate surface area is 149 Å². The van der Waals surface area contributed by atoms with Crippen LogP contribution in [-0.2, 0) is 10.1 Å². The third-order valence-corrected chi connectivity index (χ3v) is 5.46. The van der Waals surface area contributed by atoms with Crippen LogP contribution >= 0.6 is 0 Å². The van der Waals surface area contributed by atoms with Crippen LogP contribution in [0.15, 0.2) is 83.8 Å². The Bertz CT molecular complexity index is 929. The minimum atomic E-state index is -3.82. The number of rotatable bonds is 5. The van der Waals surface area contributed by atoms with Gasteiger partial charge in [-0.15, -0.1) is 0 Å². The molecule has 0 aliphatic heterocycles. The van der Waals surface area contributed by atoms with E-state index in [0.29, 0.717) is 5.75 Å². The fraction of sp³-hybridized carbons (Fsp3) is 0.143. The maximum absolute atomic E-state index is 12.3. The zero-order valence-corrected chi connectivity index (χ0v) is 15.0. The van der Waals surface area contributed by atoms with Crippen LogP contribution in [0.4, 0.5) is 0 Å². The Morgan fingerprint density at radius 1 is 0.760 bits per heavy atom. The van der Waals surface area contributed by atoms with Crippen LogP contribution in [0, 0.1) is 6.92 Å². The van der Waals surface area contributed by atoms with Crippen molar-refractivity contribution >= 4 is 10.1 Å². The predicted molar refractivity (Wildman–Crippen MR) is 99.4 cm³/mol. The van der Waals surface area contributed by atoms with Crippen molar-refractivity contribution in [3.8, 4) is 5.75 Å². The second-order valence-electron chi connectivity index (χ2n) is 6.05. The van der Waals surface area contributed by atoms with Crippen LogP contribution < -0.4 is 4.18 Å². The molecule has 3 aromatic rings. The van der Waals surface area contributed by atoms with E-state index in [0.717, 1.165) is 11.1 Å². The molecule has 1 atom stereocenters. The SMILES string of the molecule is Cc1ccc(S(=O)(=O)Oc2ccc(C(C)c3ccccc3)cc2)cc1. The number of hydrogen-bond acceptors (Lipinski definition) is 3. The minimum Gasteiger partial charge on any atom is -0.379 e. The Balaban J connectivity index is 1.77. The second kappa shape index (κ2) is 7.11. The highest BCUT2D eigenvalue weighted by Gasteiger charge is 2.16. The van der Waals surface area contributed by atoms with E-state index in [1.165, 1.54) is 5.56 Å². The average molecular weight is 352 g/mol. The molecular weight excluding hydrogens is 332 g/mol. The summed E-state index contributed by atoms with van der Waals surface area (Å²) in [7, 11) is -3.82. The first-order valence-electron chi connectivity index (χ1n) is 8.12. The molecule has 0 bridgehead atoms. The van der Waals surface area contributed by atoms with Crippen molar-refractivity contribution in [2.45, 2.75) is 24.7 Å². The summed E-state index contributed by atoms with van der Waals surface area (Å²) in [4.78, 5) is 0.153. The van der Waals surface area contributed by atoms with Gasteiger partial charge < -0.3 is 4.18 Å². The topological polar surface area (TPSA) is 43.4 Å². The smallest absolute Gasteiger partial charge is 0.339 e. The molecule has 0 aliphatic rings. The summed E-state index contributed by atoms with van der Waals surface area (Å²) in [5.41, 5.74) is 3.31. The summed E-state index contributed by atoms with van der Waals surface area (Å²) in [6.07, 6.45) is 0. The van der Waals surface area contributed by atoms with Gasteiger partial charge in [0.15, 0.2) is 0 Å². The first-order valence-corrected chi connectivity index (χ1v) is 9.52. The molecule has 1 unspecified atom stereocenters. The summed E-state index contributed by atoms with van der Waals surface area (Å²) < 4.78 is 29.9. The van der Waals surface area contributed by atoms with Gasteiger partial charge in [-0.05, 0) is 42.3 Å². The van der Waals surface area contributed by atoms with Gasteiger partial charge >= 0.3 is 10.1 Å². The van der Waals surface area contributed by atoms with E-state index in [-0.39, 0.29) is 10.8 Å². The molecule has 4 heteroatoms. The molecule has 0 amide bonds. The molecule has 3 nitrogen and oxygen atoms in total. The molecule has 0 aromatic heterocycles. The van der Waals surface area contributed by atoms with Crippen LogP contribution in [0.5, 0.6) is 5.75 Å². The van der Waals surface area contributed by atoms with Gasteiger partial charge in [-0.2, -0.15) is 8.42 Å². The summed E-state index contributed by atoms with van der Waals surface area (Å²) in [5.74, 6) is 0.536. The fourth-order valence-electron chi connectivity index (χ4n) is 2.63. The Morgan fingerprint density at radius 3 is 1.92 bits per heavy atom. The monoisotopic (exact) mass is 352 g/mol. The standard InChI is InChI=1S/C21H20O3S/c1-16-8-14-21(15-9-16)25(22,23)24-20-12-10-19(11-13-20)17(2)18-6-4-3-5-7-18/h3-15,17H,1-2H3.